The maximum Gasteiger partial charge on any atom is 0.144 e. The summed E-state index contributed by atoms with van der Waals surface area (Å²) in [5, 5.41) is 4.77. The summed E-state index contributed by atoms with van der Waals surface area (Å²) < 4.78 is 6.54. The predicted octanol–water partition coefficient (Wildman–Crippen LogP) is 9.37. The van der Waals surface area contributed by atoms with Gasteiger partial charge in [0.2, 0.25) is 0 Å². The maximum atomic E-state index is 6.54. The molecule has 2 aromatic heterocycles. The Morgan fingerprint density at radius 1 is 0.743 bits per heavy atom. The zero-order valence-electron chi connectivity index (χ0n) is 20.7. The summed E-state index contributed by atoms with van der Waals surface area (Å²) in [5.41, 5.74) is 9.01. The fourth-order valence-corrected chi connectivity index (χ4v) is 5.21. The first kappa shape index (κ1) is 21.6. The van der Waals surface area contributed by atoms with Crippen LogP contribution >= 0.6 is 0 Å². The number of aromatic nitrogens is 1. The third kappa shape index (κ3) is 3.80. The molecular formula is C33H29NO. The monoisotopic (exact) mass is 455 g/mol. The Kier molecular flexibility index (Phi) is 5.00. The average molecular weight is 456 g/mol. The molecule has 4 aromatic carbocycles. The van der Waals surface area contributed by atoms with Crippen LogP contribution in [-0.4, -0.2) is 4.98 Å². The summed E-state index contributed by atoms with van der Waals surface area (Å²) >= 11 is 0. The molecule has 0 saturated heterocycles. The highest BCUT2D eigenvalue weighted by Gasteiger charge is 2.19. The third-order valence-corrected chi connectivity index (χ3v) is 6.81. The molecular weight excluding hydrogens is 426 g/mol. The summed E-state index contributed by atoms with van der Waals surface area (Å²) in [7, 11) is 0. The van der Waals surface area contributed by atoms with E-state index in [9.17, 15) is 0 Å². The largest absolute Gasteiger partial charge is 0.455 e. The number of fused-ring (bicyclic) bond motifs is 4. The summed E-state index contributed by atoms with van der Waals surface area (Å²) in [6.45, 7) is 8.99. The lowest BCUT2D eigenvalue weighted by Crippen LogP contribution is -2.10. The van der Waals surface area contributed by atoms with Crippen LogP contribution in [-0.2, 0) is 6.42 Å². The van der Waals surface area contributed by atoms with Gasteiger partial charge in [0.25, 0.3) is 0 Å². The van der Waals surface area contributed by atoms with Crippen LogP contribution in [0.25, 0.3) is 55.1 Å². The highest BCUT2D eigenvalue weighted by atomic mass is 16.3. The lowest BCUT2D eigenvalue weighted by atomic mass is 9.86. The molecule has 0 unspecified atom stereocenters. The molecule has 2 nitrogen and oxygen atoms in total. The van der Waals surface area contributed by atoms with Gasteiger partial charge in [0.05, 0.1) is 5.69 Å². The van der Waals surface area contributed by atoms with E-state index in [-0.39, 0.29) is 5.41 Å². The van der Waals surface area contributed by atoms with Gasteiger partial charge in [0.15, 0.2) is 0 Å². The van der Waals surface area contributed by atoms with E-state index in [1.807, 2.05) is 6.20 Å². The van der Waals surface area contributed by atoms with Gasteiger partial charge in [-0.05, 0) is 70.0 Å². The predicted molar refractivity (Wildman–Crippen MR) is 148 cm³/mol. The van der Waals surface area contributed by atoms with Crippen molar-refractivity contribution in [1.82, 2.24) is 4.98 Å². The summed E-state index contributed by atoms with van der Waals surface area (Å²) in [6, 6.07) is 30.1. The van der Waals surface area contributed by atoms with Crippen molar-refractivity contribution in [2.75, 3.05) is 0 Å². The van der Waals surface area contributed by atoms with Crippen LogP contribution < -0.4 is 0 Å². The van der Waals surface area contributed by atoms with Gasteiger partial charge in [0.1, 0.15) is 11.2 Å². The number of hydrogen-bond acceptors (Lipinski definition) is 2. The van der Waals surface area contributed by atoms with Gasteiger partial charge >= 0.3 is 0 Å². The molecule has 0 radical (unpaired) electrons. The standard InChI is InChI=1S/C33H29NO/c1-21-20-34-29(18-23(21)19-33(2,3)4)27-15-8-16-28-31-26(14-9-17-30(31)35-32(27)28)25-13-7-11-22-10-5-6-12-24(22)25/h5-18,20H,19H2,1-4H3. The van der Waals surface area contributed by atoms with Gasteiger partial charge in [-0.15, -0.1) is 0 Å². The molecule has 172 valence electrons. The van der Waals surface area contributed by atoms with E-state index in [1.165, 1.54) is 33.0 Å². The summed E-state index contributed by atoms with van der Waals surface area (Å²) in [6.07, 6.45) is 3.01. The van der Waals surface area contributed by atoms with Crippen LogP contribution in [0.5, 0.6) is 0 Å². The molecule has 0 bridgehead atoms. The highest BCUT2D eigenvalue weighted by molar-refractivity contribution is 6.17. The van der Waals surface area contributed by atoms with Gasteiger partial charge in [-0.25, -0.2) is 0 Å². The molecule has 6 aromatic rings. The molecule has 2 heteroatoms. The molecule has 0 N–H and O–H groups in total. The fraction of sp³-hybridized carbons (Fsp3) is 0.182. The smallest absolute Gasteiger partial charge is 0.144 e. The van der Waals surface area contributed by atoms with E-state index in [0.29, 0.717) is 0 Å². The Morgan fingerprint density at radius 2 is 1.43 bits per heavy atom. The number of furan rings is 1. The molecule has 0 fully saturated rings. The maximum absolute atomic E-state index is 6.54. The van der Waals surface area contributed by atoms with E-state index in [2.05, 4.69) is 113 Å². The van der Waals surface area contributed by atoms with Crippen molar-refractivity contribution in [3.63, 3.8) is 0 Å². The van der Waals surface area contributed by atoms with Gasteiger partial charge in [0, 0.05) is 22.5 Å². The number of para-hydroxylation sites is 1. The zero-order chi connectivity index (χ0) is 24.2. The van der Waals surface area contributed by atoms with Gasteiger partial charge in [-0.2, -0.15) is 0 Å². The Hall–Kier alpha value is -3.91. The Bertz CT molecular complexity index is 1710. The molecule has 2 heterocycles. The minimum absolute atomic E-state index is 0.210. The molecule has 0 aliphatic carbocycles. The van der Waals surface area contributed by atoms with E-state index in [4.69, 9.17) is 9.40 Å². The van der Waals surface area contributed by atoms with Crippen molar-refractivity contribution in [3.05, 3.63) is 102 Å². The van der Waals surface area contributed by atoms with Crippen molar-refractivity contribution in [3.8, 4) is 22.4 Å². The molecule has 0 saturated carbocycles. The molecule has 0 atom stereocenters. The van der Waals surface area contributed by atoms with E-state index in [0.717, 1.165) is 39.6 Å². The van der Waals surface area contributed by atoms with Gasteiger partial charge in [-0.3, -0.25) is 4.98 Å². The van der Waals surface area contributed by atoms with Gasteiger partial charge < -0.3 is 4.42 Å². The SMILES string of the molecule is Cc1cnc(-c2cccc3c2oc2cccc(-c4cccc5ccccc45)c23)cc1CC(C)(C)C. The first-order valence-electron chi connectivity index (χ1n) is 12.3. The van der Waals surface area contributed by atoms with Crippen LogP contribution in [0.2, 0.25) is 0 Å². The lowest BCUT2D eigenvalue weighted by Gasteiger charge is -2.20. The number of benzene rings is 4. The van der Waals surface area contributed by atoms with E-state index in [1.54, 1.807) is 0 Å². The first-order valence-corrected chi connectivity index (χ1v) is 12.3. The fourth-order valence-electron chi connectivity index (χ4n) is 5.21. The normalized spacial score (nSPS) is 12.1. The van der Waals surface area contributed by atoms with Crippen LogP contribution in [0, 0.1) is 12.3 Å². The van der Waals surface area contributed by atoms with Crippen LogP contribution in [0.1, 0.15) is 31.9 Å². The molecule has 35 heavy (non-hydrogen) atoms. The highest BCUT2D eigenvalue weighted by Crippen LogP contribution is 2.42. The Balaban J connectivity index is 1.59. The number of pyridine rings is 1. The molecule has 0 amide bonds. The van der Waals surface area contributed by atoms with E-state index < -0.39 is 0 Å². The summed E-state index contributed by atoms with van der Waals surface area (Å²) in [4.78, 5) is 4.82. The van der Waals surface area contributed by atoms with Gasteiger partial charge in [-0.1, -0.05) is 87.5 Å². The molecule has 0 spiro atoms. The summed E-state index contributed by atoms with van der Waals surface area (Å²) in [5.74, 6) is 0. The second-order valence-electron chi connectivity index (χ2n) is 10.7. The average Bonchev–Trinajstić information content (AvgIpc) is 3.23. The lowest BCUT2D eigenvalue weighted by molar-refractivity contribution is 0.410. The number of nitrogens with zero attached hydrogens (tertiary/aromatic N) is 1. The van der Waals surface area contributed by atoms with E-state index >= 15 is 0 Å². The molecule has 0 aliphatic heterocycles. The topological polar surface area (TPSA) is 26.0 Å². The minimum Gasteiger partial charge on any atom is -0.455 e. The molecule has 0 aliphatic rings. The van der Waals surface area contributed by atoms with Crippen molar-refractivity contribution >= 4 is 32.7 Å². The van der Waals surface area contributed by atoms with Crippen molar-refractivity contribution in [2.24, 2.45) is 5.41 Å². The Labute approximate surface area is 206 Å². The van der Waals surface area contributed by atoms with Crippen LogP contribution in [0.4, 0.5) is 0 Å². The number of aryl methyl sites for hydroxylation is 1. The van der Waals surface area contributed by atoms with Crippen molar-refractivity contribution < 1.29 is 4.42 Å². The van der Waals surface area contributed by atoms with Crippen molar-refractivity contribution in [1.29, 1.82) is 0 Å². The molecule has 6 rings (SSSR count). The second-order valence-corrected chi connectivity index (χ2v) is 10.7. The van der Waals surface area contributed by atoms with Crippen LogP contribution in [0.3, 0.4) is 0 Å². The Morgan fingerprint density at radius 3 is 2.29 bits per heavy atom. The van der Waals surface area contributed by atoms with Crippen molar-refractivity contribution in [2.45, 2.75) is 34.1 Å². The third-order valence-electron chi connectivity index (χ3n) is 6.81. The van der Waals surface area contributed by atoms with Crippen LogP contribution in [0.15, 0.2) is 95.5 Å². The number of rotatable bonds is 3. The minimum atomic E-state index is 0.210. The second kappa shape index (κ2) is 8.09. The quantitative estimate of drug-likeness (QED) is 0.266. The number of hydrogen-bond donors (Lipinski definition) is 0. The zero-order valence-corrected chi connectivity index (χ0v) is 20.7. The first-order chi connectivity index (χ1) is 16.9.